The molecule has 0 radical (unpaired) electrons. The summed E-state index contributed by atoms with van der Waals surface area (Å²) in [4.78, 5) is 12.6. The molecule has 4 heterocycles. The fourth-order valence-electron chi connectivity index (χ4n) is 5.82. The molecule has 8 heteroatoms. The normalized spacial score (nSPS) is 21.1. The van der Waals surface area contributed by atoms with Crippen LogP contribution in [0.2, 0.25) is 0 Å². The van der Waals surface area contributed by atoms with Crippen LogP contribution in [0.25, 0.3) is 0 Å². The zero-order valence-electron chi connectivity index (χ0n) is 20.5. The highest BCUT2D eigenvalue weighted by Gasteiger charge is 2.32. The number of hydrogen-bond donors (Lipinski definition) is 0. The number of tetrazole rings is 1. The highest BCUT2D eigenvalue weighted by Crippen LogP contribution is 2.31. The first-order valence-corrected chi connectivity index (χ1v) is 13.3. The number of pyridine rings is 1. The molecule has 1 aliphatic carbocycles. The molecule has 2 aromatic heterocycles. The van der Waals surface area contributed by atoms with E-state index in [1.54, 1.807) is 0 Å². The molecule has 1 atom stereocenters. The second kappa shape index (κ2) is 10.4. The van der Waals surface area contributed by atoms with Crippen molar-refractivity contribution in [2.45, 2.75) is 57.2 Å². The molecule has 184 valence electrons. The van der Waals surface area contributed by atoms with Gasteiger partial charge < -0.3 is 4.90 Å². The van der Waals surface area contributed by atoms with E-state index in [4.69, 9.17) is 4.98 Å². The number of rotatable bonds is 7. The topological polar surface area (TPSA) is 66.2 Å². The fourth-order valence-corrected chi connectivity index (χ4v) is 5.82. The molecule has 2 aliphatic heterocycles. The van der Waals surface area contributed by atoms with Crippen molar-refractivity contribution in [1.29, 1.82) is 0 Å². The molecule has 2 saturated heterocycles. The lowest BCUT2D eigenvalue weighted by atomic mass is 9.91. The van der Waals surface area contributed by atoms with Gasteiger partial charge in [0.25, 0.3) is 0 Å². The number of nitrogens with zero attached hydrogens (tertiary/aromatic N) is 8. The molecular weight excluding hydrogens is 436 g/mol. The SMILES string of the molecule is c1ccc(Cn2nnnc2C(c2ccc(N3CCCC3)nc2)N2CCCN(C3CCC3)CC2)cc1. The van der Waals surface area contributed by atoms with Crippen LogP contribution in [0.1, 0.15) is 61.5 Å². The van der Waals surface area contributed by atoms with E-state index in [0.29, 0.717) is 6.54 Å². The molecule has 0 N–H and O–H groups in total. The van der Waals surface area contributed by atoms with Gasteiger partial charge in [-0.2, -0.15) is 0 Å². The van der Waals surface area contributed by atoms with Crippen LogP contribution in [-0.4, -0.2) is 80.3 Å². The van der Waals surface area contributed by atoms with Crippen molar-refractivity contribution < 1.29 is 0 Å². The lowest BCUT2D eigenvalue weighted by molar-refractivity contribution is 0.127. The summed E-state index contributed by atoms with van der Waals surface area (Å²) in [6.45, 7) is 7.24. The predicted molar refractivity (Wildman–Crippen MR) is 136 cm³/mol. The van der Waals surface area contributed by atoms with Gasteiger partial charge in [-0.25, -0.2) is 9.67 Å². The summed E-state index contributed by atoms with van der Waals surface area (Å²) < 4.78 is 1.98. The number of benzene rings is 1. The van der Waals surface area contributed by atoms with Crippen molar-refractivity contribution in [1.82, 2.24) is 35.0 Å². The largest absolute Gasteiger partial charge is 0.357 e. The van der Waals surface area contributed by atoms with Crippen LogP contribution in [0, 0.1) is 0 Å². The van der Waals surface area contributed by atoms with E-state index >= 15 is 0 Å². The minimum Gasteiger partial charge on any atom is -0.357 e. The van der Waals surface area contributed by atoms with E-state index in [0.717, 1.165) is 50.4 Å². The summed E-state index contributed by atoms with van der Waals surface area (Å²) in [6.07, 6.45) is 9.86. The molecule has 1 aromatic carbocycles. The first kappa shape index (κ1) is 22.6. The first-order valence-electron chi connectivity index (χ1n) is 13.3. The summed E-state index contributed by atoms with van der Waals surface area (Å²) in [5.74, 6) is 1.99. The molecule has 1 saturated carbocycles. The Bertz CT molecular complexity index is 1070. The Morgan fingerprint density at radius 1 is 0.829 bits per heavy atom. The van der Waals surface area contributed by atoms with E-state index in [9.17, 15) is 0 Å². The molecule has 35 heavy (non-hydrogen) atoms. The summed E-state index contributed by atoms with van der Waals surface area (Å²) in [6, 6.07) is 15.7. The molecular formula is C27H36N8. The van der Waals surface area contributed by atoms with Crippen molar-refractivity contribution in [3.05, 3.63) is 65.6 Å². The van der Waals surface area contributed by atoms with Gasteiger partial charge in [-0.1, -0.05) is 42.8 Å². The monoisotopic (exact) mass is 472 g/mol. The molecule has 0 amide bonds. The van der Waals surface area contributed by atoms with Gasteiger partial charge in [-0.15, -0.1) is 5.10 Å². The van der Waals surface area contributed by atoms with E-state index in [1.165, 1.54) is 56.2 Å². The van der Waals surface area contributed by atoms with Crippen molar-refractivity contribution in [2.75, 3.05) is 44.2 Å². The van der Waals surface area contributed by atoms with E-state index in [2.05, 4.69) is 72.8 Å². The second-order valence-electron chi connectivity index (χ2n) is 10.2. The van der Waals surface area contributed by atoms with Crippen LogP contribution < -0.4 is 4.90 Å². The summed E-state index contributed by atoms with van der Waals surface area (Å²) in [5.41, 5.74) is 2.38. The second-order valence-corrected chi connectivity index (χ2v) is 10.2. The third kappa shape index (κ3) is 4.95. The maximum atomic E-state index is 4.90. The zero-order valence-corrected chi connectivity index (χ0v) is 20.5. The smallest absolute Gasteiger partial charge is 0.173 e. The van der Waals surface area contributed by atoms with Crippen LogP contribution >= 0.6 is 0 Å². The summed E-state index contributed by atoms with van der Waals surface area (Å²) >= 11 is 0. The molecule has 0 bridgehead atoms. The van der Waals surface area contributed by atoms with Crippen molar-refractivity contribution in [3.8, 4) is 0 Å². The standard InChI is InChI=1S/C27H36N8/c1-2-8-22(9-3-1)21-35-27(29-30-31-35)26(23-12-13-25(28-20-23)33-14-4-5-15-33)34-17-7-16-32(18-19-34)24-10-6-11-24/h1-3,8-9,12-13,20,24,26H,4-7,10-11,14-19,21H2. The molecule has 3 aromatic rings. The van der Waals surface area contributed by atoms with Gasteiger partial charge in [0.1, 0.15) is 5.82 Å². The third-order valence-corrected chi connectivity index (χ3v) is 8.02. The van der Waals surface area contributed by atoms with Crippen LogP contribution in [-0.2, 0) is 6.54 Å². The van der Waals surface area contributed by atoms with Crippen LogP contribution in [0.3, 0.4) is 0 Å². The Balaban J connectivity index is 1.30. The Morgan fingerprint density at radius 3 is 2.43 bits per heavy atom. The van der Waals surface area contributed by atoms with Gasteiger partial charge >= 0.3 is 0 Å². The number of aromatic nitrogens is 5. The van der Waals surface area contributed by atoms with Crippen LogP contribution in [0.4, 0.5) is 5.82 Å². The number of hydrogen-bond acceptors (Lipinski definition) is 7. The number of anilines is 1. The van der Waals surface area contributed by atoms with Gasteiger partial charge in [-0.3, -0.25) is 9.80 Å². The lowest BCUT2D eigenvalue weighted by Gasteiger charge is -2.37. The Labute approximate surface area is 207 Å². The van der Waals surface area contributed by atoms with E-state index in [-0.39, 0.29) is 6.04 Å². The Hall–Kier alpha value is -2.84. The Kier molecular flexibility index (Phi) is 6.73. The van der Waals surface area contributed by atoms with Crippen LogP contribution in [0.5, 0.6) is 0 Å². The molecule has 6 rings (SSSR count). The maximum absolute atomic E-state index is 4.90. The van der Waals surface area contributed by atoms with Gasteiger partial charge in [0, 0.05) is 45.0 Å². The first-order chi connectivity index (χ1) is 17.3. The van der Waals surface area contributed by atoms with E-state index < -0.39 is 0 Å². The molecule has 1 unspecified atom stereocenters. The minimum absolute atomic E-state index is 0.00446. The zero-order chi connectivity index (χ0) is 23.5. The summed E-state index contributed by atoms with van der Waals surface area (Å²) in [5, 5.41) is 13.1. The quantitative estimate of drug-likeness (QED) is 0.522. The van der Waals surface area contributed by atoms with Gasteiger partial charge in [0.05, 0.1) is 12.6 Å². The molecule has 3 aliphatic rings. The van der Waals surface area contributed by atoms with Crippen molar-refractivity contribution >= 4 is 5.82 Å². The average Bonchev–Trinajstić information content (AvgIpc) is 3.50. The Morgan fingerprint density at radius 2 is 1.69 bits per heavy atom. The highest BCUT2D eigenvalue weighted by molar-refractivity contribution is 5.41. The predicted octanol–water partition coefficient (Wildman–Crippen LogP) is 3.37. The maximum Gasteiger partial charge on any atom is 0.173 e. The minimum atomic E-state index is -0.00446. The molecule has 0 spiro atoms. The molecule has 3 fully saturated rings. The van der Waals surface area contributed by atoms with Gasteiger partial charge in [0.2, 0.25) is 0 Å². The third-order valence-electron chi connectivity index (χ3n) is 8.02. The van der Waals surface area contributed by atoms with Crippen molar-refractivity contribution in [3.63, 3.8) is 0 Å². The highest BCUT2D eigenvalue weighted by atomic mass is 15.6. The van der Waals surface area contributed by atoms with Crippen molar-refractivity contribution in [2.24, 2.45) is 0 Å². The van der Waals surface area contributed by atoms with Gasteiger partial charge in [-0.05, 0) is 66.3 Å². The molecule has 8 nitrogen and oxygen atoms in total. The van der Waals surface area contributed by atoms with Gasteiger partial charge in [0.15, 0.2) is 5.82 Å². The van der Waals surface area contributed by atoms with E-state index in [1.807, 2.05) is 10.7 Å². The lowest BCUT2D eigenvalue weighted by Crippen LogP contribution is -2.42. The average molecular weight is 473 g/mol. The fraction of sp³-hybridized carbons (Fsp3) is 0.556. The van der Waals surface area contributed by atoms with Crippen LogP contribution in [0.15, 0.2) is 48.7 Å². The summed E-state index contributed by atoms with van der Waals surface area (Å²) in [7, 11) is 0.